The van der Waals surface area contributed by atoms with Crippen LogP contribution >= 0.6 is 0 Å². The molecule has 20 heavy (non-hydrogen) atoms. The fraction of sp³-hybridized carbons (Fsp3) is 0.474. The second kappa shape index (κ2) is 6.58. The van der Waals surface area contributed by atoms with Gasteiger partial charge in [-0.3, -0.25) is 0 Å². The van der Waals surface area contributed by atoms with Crippen LogP contribution in [0.25, 0.3) is 10.8 Å². The minimum absolute atomic E-state index is 0.694. The van der Waals surface area contributed by atoms with Crippen molar-refractivity contribution in [2.45, 2.75) is 57.8 Å². The van der Waals surface area contributed by atoms with Crippen LogP contribution in [-0.2, 0) is 0 Å². The Bertz CT molecular complexity index is 556. The van der Waals surface area contributed by atoms with E-state index in [1.54, 1.807) is 6.04 Å². The van der Waals surface area contributed by atoms with E-state index in [-0.39, 0.29) is 0 Å². The summed E-state index contributed by atoms with van der Waals surface area (Å²) in [5.74, 6) is 0. The van der Waals surface area contributed by atoms with Gasteiger partial charge in [-0.05, 0) is 23.2 Å². The molecule has 0 N–H and O–H groups in total. The van der Waals surface area contributed by atoms with Crippen LogP contribution in [0.2, 0.25) is 24.7 Å². The molecule has 0 aromatic heterocycles. The van der Waals surface area contributed by atoms with Crippen LogP contribution in [0.5, 0.6) is 0 Å². The van der Waals surface area contributed by atoms with E-state index in [9.17, 15) is 0 Å². The Morgan fingerprint density at radius 3 is 2.25 bits per heavy atom. The normalized spacial score (nSPS) is 21.1. The lowest BCUT2D eigenvalue weighted by atomic mass is 10.1. The van der Waals surface area contributed by atoms with Gasteiger partial charge in [-0.15, -0.1) is 0 Å². The number of hydrogen-bond acceptors (Lipinski definition) is 0. The van der Waals surface area contributed by atoms with E-state index >= 15 is 0 Å². The molecular weight excluding hydrogens is 256 g/mol. The Morgan fingerprint density at radius 1 is 0.950 bits per heavy atom. The summed E-state index contributed by atoms with van der Waals surface area (Å²) in [4.78, 5) is 0. The van der Waals surface area contributed by atoms with Gasteiger partial charge < -0.3 is 0 Å². The summed E-state index contributed by atoms with van der Waals surface area (Å²) in [6.45, 7) is 9.64. The molecule has 0 nitrogen and oxygen atoms in total. The number of hydrogen-bond donors (Lipinski definition) is 0. The maximum atomic E-state index is 2.54. The smallest absolute Gasteiger partial charge is 0.0502 e. The van der Waals surface area contributed by atoms with Crippen LogP contribution < -0.4 is 0 Å². The Morgan fingerprint density at radius 2 is 1.65 bits per heavy atom. The van der Waals surface area contributed by atoms with Crippen molar-refractivity contribution < 1.29 is 0 Å². The molecule has 0 saturated carbocycles. The highest BCUT2D eigenvalue weighted by Gasteiger charge is 2.30. The first-order chi connectivity index (χ1) is 9.49. The van der Waals surface area contributed by atoms with E-state index in [1.165, 1.54) is 35.6 Å². The van der Waals surface area contributed by atoms with E-state index in [4.69, 9.17) is 0 Å². The molecule has 0 radical (unpaired) electrons. The standard InChI is InChI=1S/C11H10.C8H18Si/c1-9-6-7-10-4-2-3-5-11(10)8-9;1-8-6-4-5-7-9(8,2)3/h2-8H,1H3;8H,4-7H2,1-3H3. The molecule has 1 unspecified atom stereocenters. The highest BCUT2D eigenvalue weighted by molar-refractivity contribution is 6.78. The zero-order valence-corrected chi connectivity index (χ0v) is 14.4. The highest BCUT2D eigenvalue weighted by Crippen LogP contribution is 2.36. The van der Waals surface area contributed by atoms with E-state index < -0.39 is 8.07 Å². The summed E-state index contributed by atoms with van der Waals surface area (Å²) < 4.78 is 0. The summed E-state index contributed by atoms with van der Waals surface area (Å²) in [7, 11) is -0.694. The number of benzene rings is 2. The third kappa shape index (κ3) is 3.96. The summed E-state index contributed by atoms with van der Waals surface area (Å²) in [5.41, 5.74) is 2.41. The zero-order valence-electron chi connectivity index (χ0n) is 13.4. The lowest BCUT2D eigenvalue weighted by Gasteiger charge is -2.34. The lowest BCUT2D eigenvalue weighted by Crippen LogP contribution is -2.33. The molecule has 0 aliphatic carbocycles. The molecule has 1 heterocycles. The molecular formula is C19H28Si. The van der Waals surface area contributed by atoms with Gasteiger partial charge in [0.1, 0.15) is 0 Å². The Balaban J connectivity index is 0.000000151. The van der Waals surface area contributed by atoms with Gasteiger partial charge in [-0.2, -0.15) is 0 Å². The maximum absolute atomic E-state index is 2.54. The van der Waals surface area contributed by atoms with E-state index in [2.05, 4.69) is 69.4 Å². The minimum atomic E-state index is -0.694. The second-order valence-corrected chi connectivity index (χ2v) is 12.4. The monoisotopic (exact) mass is 284 g/mol. The average molecular weight is 285 g/mol. The molecule has 1 atom stereocenters. The van der Waals surface area contributed by atoms with Crippen LogP contribution in [0.15, 0.2) is 42.5 Å². The first-order valence-corrected chi connectivity index (χ1v) is 11.2. The van der Waals surface area contributed by atoms with E-state index in [0.717, 1.165) is 5.54 Å². The molecule has 0 bridgehead atoms. The molecule has 1 fully saturated rings. The third-order valence-corrected chi connectivity index (χ3v) is 9.55. The van der Waals surface area contributed by atoms with Gasteiger partial charge in [0.15, 0.2) is 0 Å². The highest BCUT2D eigenvalue weighted by atomic mass is 28.3. The summed E-state index contributed by atoms with van der Waals surface area (Å²) in [6, 6.07) is 16.5. The van der Waals surface area contributed by atoms with Crippen LogP contribution in [0, 0.1) is 6.92 Å². The van der Waals surface area contributed by atoms with Gasteiger partial charge in [-0.1, -0.05) is 93.4 Å². The molecule has 1 aliphatic rings. The first kappa shape index (κ1) is 15.3. The van der Waals surface area contributed by atoms with Gasteiger partial charge in [0.05, 0.1) is 8.07 Å². The largest absolute Gasteiger partial charge is 0.0692 e. The van der Waals surface area contributed by atoms with Gasteiger partial charge in [-0.25, -0.2) is 0 Å². The minimum Gasteiger partial charge on any atom is -0.0692 e. The summed E-state index contributed by atoms with van der Waals surface area (Å²) >= 11 is 0. The van der Waals surface area contributed by atoms with Gasteiger partial charge in [0.2, 0.25) is 0 Å². The SMILES string of the molecule is CC1CCCC[Si]1(C)C.Cc1ccc2ccccc2c1. The quantitative estimate of drug-likeness (QED) is 0.490. The van der Waals surface area contributed by atoms with E-state index in [1.807, 2.05) is 0 Å². The molecule has 2 aromatic rings. The van der Waals surface area contributed by atoms with Crippen molar-refractivity contribution in [3.63, 3.8) is 0 Å². The molecule has 0 spiro atoms. The predicted molar refractivity (Wildman–Crippen MR) is 94.2 cm³/mol. The van der Waals surface area contributed by atoms with Crippen molar-refractivity contribution in [2.24, 2.45) is 0 Å². The van der Waals surface area contributed by atoms with Crippen molar-refractivity contribution in [3.8, 4) is 0 Å². The van der Waals surface area contributed by atoms with Crippen LogP contribution in [0.4, 0.5) is 0 Å². The fourth-order valence-electron chi connectivity index (χ4n) is 2.98. The molecule has 1 aliphatic heterocycles. The van der Waals surface area contributed by atoms with Crippen molar-refractivity contribution in [2.75, 3.05) is 0 Å². The zero-order chi connectivity index (χ0) is 14.6. The summed E-state index contributed by atoms with van der Waals surface area (Å²) in [5, 5.41) is 2.64. The Labute approximate surface area is 125 Å². The fourth-order valence-corrected chi connectivity index (χ4v) is 5.62. The number of rotatable bonds is 0. The number of fused-ring (bicyclic) bond motifs is 1. The van der Waals surface area contributed by atoms with Gasteiger partial charge in [0, 0.05) is 0 Å². The van der Waals surface area contributed by atoms with E-state index in [0.29, 0.717) is 0 Å². The van der Waals surface area contributed by atoms with Crippen molar-refractivity contribution in [1.82, 2.24) is 0 Å². The molecule has 3 rings (SSSR count). The maximum Gasteiger partial charge on any atom is 0.0502 e. The Hall–Kier alpha value is -1.08. The van der Waals surface area contributed by atoms with Gasteiger partial charge in [0.25, 0.3) is 0 Å². The predicted octanol–water partition coefficient (Wildman–Crippen LogP) is 6.42. The van der Waals surface area contributed by atoms with Crippen LogP contribution in [-0.4, -0.2) is 8.07 Å². The Kier molecular flexibility index (Phi) is 5.04. The molecule has 1 saturated heterocycles. The van der Waals surface area contributed by atoms with Crippen molar-refractivity contribution in [1.29, 1.82) is 0 Å². The van der Waals surface area contributed by atoms with Crippen molar-refractivity contribution >= 4 is 18.8 Å². The molecule has 2 aromatic carbocycles. The molecule has 1 heteroatoms. The topological polar surface area (TPSA) is 0 Å². The van der Waals surface area contributed by atoms with Crippen LogP contribution in [0.3, 0.4) is 0 Å². The van der Waals surface area contributed by atoms with Gasteiger partial charge >= 0.3 is 0 Å². The lowest BCUT2D eigenvalue weighted by molar-refractivity contribution is 0.635. The second-order valence-electron chi connectivity index (χ2n) is 6.99. The van der Waals surface area contributed by atoms with Crippen LogP contribution in [0.1, 0.15) is 31.7 Å². The summed E-state index contributed by atoms with van der Waals surface area (Å²) in [6.07, 6.45) is 4.53. The van der Waals surface area contributed by atoms with Crippen molar-refractivity contribution in [3.05, 3.63) is 48.0 Å². The first-order valence-electron chi connectivity index (χ1n) is 7.94. The molecule has 108 valence electrons. The number of aryl methyl sites for hydroxylation is 1. The third-order valence-electron chi connectivity index (χ3n) is 4.95. The molecule has 0 amide bonds. The average Bonchev–Trinajstić information content (AvgIpc) is 2.43.